The lowest BCUT2D eigenvalue weighted by molar-refractivity contribution is -0.144. The minimum Gasteiger partial charge on any atom is -0.355 e. The molecule has 0 aliphatic carbocycles. The Morgan fingerprint density at radius 2 is 2.08 bits per heavy atom. The predicted octanol–water partition coefficient (Wildman–Crippen LogP) is 0.792. The molecule has 13 heavy (non-hydrogen) atoms. The van der Waals surface area contributed by atoms with Gasteiger partial charge in [-0.2, -0.15) is 13.2 Å². The van der Waals surface area contributed by atoms with Gasteiger partial charge in [0.15, 0.2) is 0 Å². The van der Waals surface area contributed by atoms with Crippen molar-refractivity contribution in [3.05, 3.63) is 0 Å². The van der Waals surface area contributed by atoms with Crippen LogP contribution in [0.1, 0.15) is 19.8 Å². The van der Waals surface area contributed by atoms with Crippen LogP contribution in [0.25, 0.3) is 0 Å². The third-order valence-corrected chi connectivity index (χ3v) is 1.26. The van der Waals surface area contributed by atoms with Crippen LogP contribution in [0.5, 0.6) is 0 Å². The van der Waals surface area contributed by atoms with E-state index in [0.717, 1.165) is 0 Å². The number of carbonyl (C=O) groups excluding carboxylic acids is 1. The first-order chi connectivity index (χ1) is 5.81. The average molecular weight is 198 g/mol. The van der Waals surface area contributed by atoms with Crippen molar-refractivity contribution >= 4 is 5.91 Å². The van der Waals surface area contributed by atoms with Crippen LogP contribution in [-0.4, -0.2) is 24.7 Å². The van der Waals surface area contributed by atoms with Gasteiger partial charge in [0.2, 0.25) is 5.91 Å². The molecule has 1 unspecified atom stereocenters. The van der Waals surface area contributed by atoms with Crippen molar-refractivity contribution in [3.8, 4) is 0 Å². The Labute approximate surface area is 74.5 Å². The molecule has 0 aliphatic heterocycles. The van der Waals surface area contributed by atoms with Crippen LogP contribution in [0.2, 0.25) is 0 Å². The normalized spacial score (nSPS) is 13.9. The fraction of sp³-hybridized carbons (Fsp3) is 0.857. The lowest BCUT2D eigenvalue weighted by Gasteiger charge is -2.08. The van der Waals surface area contributed by atoms with Crippen LogP contribution in [0, 0.1) is 0 Å². The number of nitrogens with two attached hydrogens (primary N) is 1. The average Bonchev–Trinajstić information content (AvgIpc) is 1.95. The number of halogens is 3. The molecule has 0 aromatic carbocycles. The lowest BCUT2D eigenvalue weighted by Crippen LogP contribution is -2.35. The van der Waals surface area contributed by atoms with Crippen LogP contribution < -0.4 is 11.1 Å². The maximum Gasteiger partial charge on any atom is 0.389 e. The maximum atomic E-state index is 11.6. The Bertz CT molecular complexity index is 168. The summed E-state index contributed by atoms with van der Waals surface area (Å²) in [4.78, 5) is 10.7. The van der Waals surface area contributed by atoms with Gasteiger partial charge in [-0.05, 0) is 6.92 Å². The van der Waals surface area contributed by atoms with Gasteiger partial charge in [0.25, 0.3) is 0 Å². The lowest BCUT2D eigenvalue weighted by atomic mass is 10.3. The molecule has 0 saturated carbocycles. The van der Waals surface area contributed by atoms with Gasteiger partial charge in [-0.15, -0.1) is 0 Å². The molecule has 0 spiro atoms. The topological polar surface area (TPSA) is 55.1 Å². The number of hydrogen-bond acceptors (Lipinski definition) is 2. The second kappa shape index (κ2) is 5.06. The Morgan fingerprint density at radius 1 is 1.54 bits per heavy atom. The molecule has 1 atom stereocenters. The second-order valence-corrected chi connectivity index (χ2v) is 2.90. The first-order valence-electron chi connectivity index (χ1n) is 3.90. The third kappa shape index (κ3) is 9.13. The fourth-order valence-electron chi connectivity index (χ4n) is 0.618. The van der Waals surface area contributed by atoms with Crippen molar-refractivity contribution in [2.75, 3.05) is 6.54 Å². The first kappa shape index (κ1) is 12.2. The Kier molecular flexibility index (Phi) is 4.76. The summed E-state index contributed by atoms with van der Waals surface area (Å²) < 4.78 is 34.8. The smallest absolute Gasteiger partial charge is 0.355 e. The molecule has 1 amide bonds. The zero-order chi connectivity index (χ0) is 10.5. The molecule has 0 radical (unpaired) electrons. The van der Waals surface area contributed by atoms with Crippen LogP contribution in [0.4, 0.5) is 13.2 Å². The van der Waals surface area contributed by atoms with E-state index < -0.39 is 24.9 Å². The van der Waals surface area contributed by atoms with Gasteiger partial charge >= 0.3 is 6.18 Å². The number of carbonyl (C=O) groups is 1. The van der Waals surface area contributed by atoms with Gasteiger partial charge in [-0.3, -0.25) is 4.79 Å². The van der Waals surface area contributed by atoms with Crippen molar-refractivity contribution in [3.63, 3.8) is 0 Å². The van der Waals surface area contributed by atoms with Crippen molar-refractivity contribution in [1.82, 2.24) is 5.32 Å². The summed E-state index contributed by atoms with van der Waals surface area (Å²) >= 11 is 0. The SMILES string of the molecule is CC(N)CNC(=O)CCC(F)(F)F. The Balaban J connectivity index is 3.53. The van der Waals surface area contributed by atoms with E-state index in [0.29, 0.717) is 0 Å². The van der Waals surface area contributed by atoms with Crippen molar-refractivity contribution in [2.45, 2.75) is 32.0 Å². The molecule has 78 valence electrons. The third-order valence-electron chi connectivity index (χ3n) is 1.26. The zero-order valence-electron chi connectivity index (χ0n) is 7.32. The highest BCUT2D eigenvalue weighted by Gasteiger charge is 2.27. The van der Waals surface area contributed by atoms with E-state index in [1.165, 1.54) is 0 Å². The van der Waals surface area contributed by atoms with Gasteiger partial charge in [0, 0.05) is 19.0 Å². The zero-order valence-corrected chi connectivity index (χ0v) is 7.32. The summed E-state index contributed by atoms with van der Waals surface area (Å²) in [5.41, 5.74) is 5.29. The standard InChI is InChI=1S/C7H13F3N2O/c1-5(11)4-12-6(13)2-3-7(8,9)10/h5H,2-4,11H2,1H3,(H,12,13). The summed E-state index contributed by atoms with van der Waals surface area (Å²) in [7, 11) is 0. The molecule has 6 heteroatoms. The van der Waals surface area contributed by atoms with E-state index >= 15 is 0 Å². The maximum absolute atomic E-state index is 11.6. The Hall–Kier alpha value is -0.780. The fourth-order valence-corrected chi connectivity index (χ4v) is 0.618. The minimum absolute atomic E-state index is 0.205. The summed E-state index contributed by atoms with van der Waals surface area (Å²) in [6.07, 6.45) is -5.89. The molecule has 0 aliphatic rings. The highest BCUT2D eigenvalue weighted by molar-refractivity contribution is 5.75. The van der Waals surface area contributed by atoms with Crippen LogP contribution >= 0.6 is 0 Å². The molecule has 3 nitrogen and oxygen atoms in total. The molecule has 0 heterocycles. The summed E-state index contributed by atoms with van der Waals surface area (Å²) in [5.74, 6) is -0.616. The first-order valence-corrected chi connectivity index (χ1v) is 3.90. The van der Waals surface area contributed by atoms with Gasteiger partial charge in [-0.1, -0.05) is 0 Å². The minimum atomic E-state index is -4.27. The van der Waals surface area contributed by atoms with Gasteiger partial charge in [0.1, 0.15) is 0 Å². The number of alkyl halides is 3. The number of hydrogen-bond donors (Lipinski definition) is 2. The Morgan fingerprint density at radius 3 is 2.46 bits per heavy atom. The highest BCUT2D eigenvalue weighted by atomic mass is 19.4. The molecule has 0 aromatic heterocycles. The van der Waals surface area contributed by atoms with E-state index in [1.807, 2.05) is 0 Å². The van der Waals surface area contributed by atoms with Crippen molar-refractivity contribution < 1.29 is 18.0 Å². The molecule has 0 rings (SSSR count). The molecule has 0 saturated heterocycles. The van der Waals surface area contributed by atoms with E-state index in [9.17, 15) is 18.0 Å². The molecule has 0 fully saturated rings. The van der Waals surface area contributed by atoms with Crippen molar-refractivity contribution in [1.29, 1.82) is 0 Å². The van der Waals surface area contributed by atoms with E-state index in [2.05, 4.69) is 5.32 Å². The van der Waals surface area contributed by atoms with E-state index in [4.69, 9.17) is 5.73 Å². The number of nitrogens with one attached hydrogen (secondary N) is 1. The number of rotatable bonds is 4. The van der Waals surface area contributed by atoms with Gasteiger partial charge < -0.3 is 11.1 Å². The molecule has 0 aromatic rings. The van der Waals surface area contributed by atoms with Crippen molar-refractivity contribution in [2.24, 2.45) is 5.73 Å². The van der Waals surface area contributed by atoms with E-state index in [-0.39, 0.29) is 12.6 Å². The summed E-state index contributed by atoms with van der Waals surface area (Å²) in [6, 6.07) is -0.241. The van der Waals surface area contributed by atoms with Gasteiger partial charge in [0.05, 0.1) is 6.42 Å². The molecule has 0 bridgehead atoms. The van der Waals surface area contributed by atoms with Gasteiger partial charge in [-0.25, -0.2) is 0 Å². The monoisotopic (exact) mass is 198 g/mol. The van der Waals surface area contributed by atoms with E-state index in [1.54, 1.807) is 6.92 Å². The van der Waals surface area contributed by atoms with Crippen LogP contribution in [0.15, 0.2) is 0 Å². The molecular weight excluding hydrogens is 185 g/mol. The predicted molar refractivity (Wildman–Crippen MR) is 41.9 cm³/mol. The van der Waals surface area contributed by atoms with Crippen LogP contribution in [-0.2, 0) is 4.79 Å². The molecule has 3 N–H and O–H groups in total. The summed E-state index contributed by atoms with van der Waals surface area (Å²) in [5, 5.41) is 2.29. The summed E-state index contributed by atoms with van der Waals surface area (Å²) in [6.45, 7) is 1.86. The quantitative estimate of drug-likeness (QED) is 0.701. The second-order valence-electron chi connectivity index (χ2n) is 2.90. The van der Waals surface area contributed by atoms with Crippen LogP contribution in [0.3, 0.4) is 0 Å². The number of amides is 1. The molecular formula is C7H13F3N2O. The largest absolute Gasteiger partial charge is 0.389 e. The highest BCUT2D eigenvalue weighted by Crippen LogP contribution is 2.20.